The SMILES string of the molecule is Cc1cc([C@@H](OCc2ccccc2)[C@H](OCc2ccccc2)[C@@H](COCc2ccccc2)OCc2ccccc2)n[nH]1. The van der Waals surface area contributed by atoms with Crippen molar-refractivity contribution >= 4 is 0 Å². The van der Waals surface area contributed by atoms with E-state index in [9.17, 15) is 0 Å². The number of hydrogen-bond acceptors (Lipinski definition) is 5. The standard InChI is InChI=1S/C36H38N2O4/c1-28-22-33(38-37-28)35(41-25-31-18-10-4-11-19-31)36(42-26-32-20-12-5-13-21-32)34(40-24-30-16-8-3-9-17-30)27-39-23-29-14-6-2-7-15-29/h2-22,34-36H,23-27H2,1H3,(H,37,38)/t34-,35-,36-/m1/s1. The molecule has 6 nitrogen and oxygen atoms in total. The Morgan fingerprint density at radius 3 is 1.50 bits per heavy atom. The van der Waals surface area contributed by atoms with Gasteiger partial charge in [-0.2, -0.15) is 5.10 Å². The molecule has 0 aliphatic carbocycles. The zero-order chi connectivity index (χ0) is 28.8. The molecule has 0 aliphatic rings. The van der Waals surface area contributed by atoms with Gasteiger partial charge in [0.15, 0.2) is 0 Å². The molecule has 0 fully saturated rings. The summed E-state index contributed by atoms with van der Waals surface area (Å²) in [5, 5.41) is 7.69. The number of aromatic amines is 1. The van der Waals surface area contributed by atoms with Crippen LogP contribution in [-0.2, 0) is 45.4 Å². The minimum absolute atomic E-state index is 0.315. The van der Waals surface area contributed by atoms with E-state index in [0.717, 1.165) is 33.6 Å². The van der Waals surface area contributed by atoms with Crippen molar-refractivity contribution in [1.29, 1.82) is 0 Å². The van der Waals surface area contributed by atoms with Crippen LogP contribution in [0.25, 0.3) is 0 Å². The molecule has 0 spiro atoms. The fourth-order valence-corrected chi connectivity index (χ4v) is 4.73. The first-order chi connectivity index (χ1) is 20.7. The number of aryl methyl sites for hydroxylation is 1. The van der Waals surface area contributed by atoms with Crippen molar-refractivity contribution in [2.24, 2.45) is 0 Å². The molecule has 0 bridgehead atoms. The van der Waals surface area contributed by atoms with Crippen molar-refractivity contribution in [1.82, 2.24) is 10.2 Å². The Labute approximate surface area is 248 Å². The number of hydrogen-bond donors (Lipinski definition) is 1. The second kappa shape index (κ2) is 15.8. The summed E-state index contributed by atoms with van der Waals surface area (Å²) in [6, 6.07) is 42.6. The highest BCUT2D eigenvalue weighted by Crippen LogP contribution is 2.29. The summed E-state index contributed by atoms with van der Waals surface area (Å²) in [5.74, 6) is 0. The fraction of sp³-hybridized carbons (Fsp3) is 0.250. The van der Waals surface area contributed by atoms with Crippen LogP contribution in [0.2, 0.25) is 0 Å². The van der Waals surface area contributed by atoms with Gasteiger partial charge in [-0.15, -0.1) is 0 Å². The predicted octanol–water partition coefficient (Wildman–Crippen LogP) is 7.36. The molecular formula is C36H38N2O4. The molecule has 1 N–H and O–H groups in total. The van der Waals surface area contributed by atoms with Crippen LogP contribution in [0.3, 0.4) is 0 Å². The third-order valence-electron chi connectivity index (χ3n) is 6.94. The van der Waals surface area contributed by atoms with Crippen LogP contribution in [-0.4, -0.2) is 29.0 Å². The first kappa shape index (κ1) is 29.4. The summed E-state index contributed by atoms with van der Waals surface area (Å²) in [4.78, 5) is 0. The minimum atomic E-state index is -0.517. The van der Waals surface area contributed by atoms with Crippen molar-refractivity contribution in [2.75, 3.05) is 6.61 Å². The summed E-state index contributed by atoms with van der Waals surface area (Å²) >= 11 is 0. The topological polar surface area (TPSA) is 65.6 Å². The predicted molar refractivity (Wildman–Crippen MR) is 163 cm³/mol. The van der Waals surface area contributed by atoms with Crippen LogP contribution in [0, 0.1) is 6.92 Å². The number of ether oxygens (including phenoxy) is 4. The van der Waals surface area contributed by atoms with E-state index in [2.05, 4.69) is 58.7 Å². The van der Waals surface area contributed by atoms with Gasteiger partial charge in [-0.1, -0.05) is 121 Å². The summed E-state index contributed by atoms with van der Waals surface area (Å²) in [6.07, 6.45) is -1.48. The lowest BCUT2D eigenvalue weighted by Gasteiger charge is -2.33. The van der Waals surface area contributed by atoms with Gasteiger partial charge in [-0.3, -0.25) is 5.10 Å². The summed E-state index contributed by atoms with van der Waals surface area (Å²) < 4.78 is 26.2. The molecule has 1 aromatic heterocycles. The number of rotatable bonds is 16. The molecule has 0 amide bonds. The number of nitrogens with one attached hydrogen (secondary N) is 1. The van der Waals surface area contributed by atoms with Crippen LogP contribution < -0.4 is 0 Å². The molecule has 5 aromatic rings. The molecule has 0 radical (unpaired) electrons. The van der Waals surface area contributed by atoms with Crippen LogP contribution in [0.5, 0.6) is 0 Å². The third kappa shape index (κ3) is 8.96. The number of H-pyrrole nitrogens is 1. The molecule has 1 heterocycles. The van der Waals surface area contributed by atoms with Gasteiger partial charge in [0.25, 0.3) is 0 Å². The molecule has 4 aromatic carbocycles. The smallest absolute Gasteiger partial charge is 0.130 e. The molecule has 0 aliphatic heterocycles. The maximum atomic E-state index is 6.71. The fourth-order valence-electron chi connectivity index (χ4n) is 4.73. The molecule has 0 saturated heterocycles. The average Bonchev–Trinajstić information content (AvgIpc) is 3.48. The van der Waals surface area contributed by atoms with Crippen LogP contribution in [0.1, 0.15) is 39.7 Å². The first-order valence-corrected chi connectivity index (χ1v) is 14.3. The molecule has 3 atom stereocenters. The zero-order valence-electron chi connectivity index (χ0n) is 24.0. The van der Waals surface area contributed by atoms with E-state index in [0.29, 0.717) is 33.0 Å². The molecule has 216 valence electrons. The van der Waals surface area contributed by atoms with E-state index in [1.165, 1.54) is 0 Å². The Bertz CT molecular complexity index is 1430. The van der Waals surface area contributed by atoms with Crippen molar-refractivity contribution in [3.63, 3.8) is 0 Å². The quantitative estimate of drug-likeness (QED) is 0.136. The molecule has 6 heteroatoms. The summed E-state index contributed by atoms with van der Waals surface area (Å²) in [7, 11) is 0. The maximum Gasteiger partial charge on any atom is 0.130 e. The van der Waals surface area contributed by atoms with Gasteiger partial charge in [0.2, 0.25) is 0 Å². The number of nitrogens with zero attached hydrogens (tertiary/aromatic N) is 1. The van der Waals surface area contributed by atoms with Gasteiger partial charge < -0.3 is 18.9 Å². The largest absolute Gasteiger partial charge is 0.374 e. The first-order valence-electron chi connectivity index (χ1n) is 14.3. The molecule has 42 heavy (non-hydrogen) atoms. The lowest BCUT2D eigenvalue weighted by Crippen LogP contribution is -2.41. The van der Waals surface area contributed by atoms with Gasteiger partial charge in [0, 0.05) is 5.69 Å². The maximum absolute atomic E-state index is 6.71. The van der Waals surface area contributed by atoms with Crippen molar-refractivity contribution in [3.05, 3.63) is 161 Å². The number of aromatic nitrogens is 2. The van der Waals surface area contributed by atoms with E-state index in [4.69, 9.17) is 18.9 Å². The Balaban J connectivity index is 1.43. The highest BCUT2D eigenvalue weighted by Gasteiger charge is 2.35. The Morgan fingerprint density at radius 1 is 0.571 bits per heavy atom. The molecular weight excluding hydrogens is 524 g/mol. The van der Waals surface area contributed by atoms with Gasteiger partial charge in [-0.25, -0.2) is 0 Å². The summed E-state index contributed by atoms with van der Waals surface area (Å²) in [5.41, 5.74) is 6.01. The third-order valence-corrected chi connectivity index (χ3v) is 6.94. The van der Waals surface area contributed by atoms with Gasteiger partial charge >= 0.3 is 0 Å². The van der Waals surface area contributed by atoms with Crippen LogP contribution in [0.15, 0.2) is 127 Å². The summed E-state index contributed by atoms with van der Waals surface area (Å²) in [6.45, 7) is 3.97. The van der Waals surface area contributed by atoms with Gasteiger partial charge in [0.1, 0.15) is 18.3 Å². The highest BCUT2D eigenvalue weighted by molar-refractivity contribution is 5.18. The molecule has 5 rings (SSSR count). The van der Waals surface area contributed by atoms with E-state index in [1.807, 2.05) is 85.8 Å². The Hall–Kier alpha value is -4.07. The van der Waals surface area contributed by atoms with E-state index >= 15 is 0 Å². The Morgan fingerprint density at radius 2 is 1.02 bits per heavy atom. The second-order valence-electron chi connectivity index (χ2n) is 10.3. The van der Waals surface area contributed by atoms with E-state index < -0.39 is 18.3 Å². The zero-order valence-corrected chi connectivity index (χ0v) is 24.0. The normalized spacial score (nSPS) is 13.5. The second-order valence-corrected chi connectivity index (χ2v) is 10.3. The van der Waals surface area contributed by atoms with E-state index in [1.54, 1.807) is 0 Å². The van der Waals surface area contributed by atoms with Gasteiger partial charge in [0.05, 0.1) is 38.7 Å². The van der Waals surface area contributed by atoms with E-state index in [-0.39, 0.29) is 0 Å². The monoisotopic (exact) mass is 562 g/mol. The lowest BCUT2D eigenvalue weighted by molar-refractivity contribution is -0.171. The van der Waals surface area contributed by atoms with Gasteiger partial charge in [-0.05, 0) is 35.2 Å². The van der Waals surface area contributed by atoms with Crippen molar-refractivity contribution in [3.8, 4) is 0 Å². The molecule has 0 unspecified atom stereocenters. The minimum Gasteiger partial charge on any atom is -0.374 e. The molecule has 0 saturated carbocycles. The number of benzene rings is 4. The lowest BCUT2D eigenvalue weighted by atomic mass is 10.0. The van der Waals surface area contributed by atoms with Crippen LogP contribution >= 0.6 is 0 Å². The van der Waals surface area contributed by atoms with Crippen molar-refractivity contribution < 1.29 is 18.9 Å². The Kier molecular flexibility index (Phi) is 11.1. The average molecular weight is 563 g/mol. The van der Waals surface area contributed by atoms with Crippen LogP contribution in [0.4, 0.5) is 0 Å². The highest BCUT2D eigenvalue weighted by atomic mass is 16.6. The van der Waals surface area contributed by atoms with Crippen molar-refractivity contribution in [2.45, 2.75) is 51.7 Å².